The van der Waals surface area contributed by atoms with Crippen LogP contribution in [0.5, 0.6) is 0 Å². The van der Waals surface area contributed by atoms with Gasteiger partial charge in [-0.1, -0.05) is 38.8 Å². The predicted molar refractivity (Wildman–Crippen MR) is 84.5 cm³/mol. The summed E-state index contributed by atoms with van der Waals surface area (Å²) in [4.78, 5) is 2.50. The number of unbranched alkanes of at least 4 members (excludes halogenated alkanes) is 2. The van der Waals surface area contributed by atoms with Crippen LogP contribution in [-0.4, -0.2) is 20.2 Å². The molecular weight excluding hydrogens is 234 g/mol. The van der Waals surface area contributed by atoms with Crippen molar-refractivity contribution >= 4 is 11.8 Å². The van der Waals surface area contributed by atoms with E-state index in [1.165, 1.54) is 36.9 Å². The van der Waals surface area contributed by atoms with Crippen LogP contribution in [0.2, 0.25) is 0 Å². The molecule has 2 nitrogen and oxygen atoms in total. The normalized spacial score (nSPS) is 10.9. The van der Waals surface area contributed by atoms with Crippen LogP contribution in [-0.2, 0) is 4.74 Å². The maximum atomic E-state index is 4.94. The molecule has 0 N–H and O–H groups in total. The summed E-state index contributed by atoms with van der Waals surface area (Å²) in [7, 11) is 1.67. The lowest BCUT2D eigenvalue weighted by Gasteiger charge is -2.24. The van der Waals surface area contributed by atoms with Gasteiger partial charge in [-0.15, -0.1) is 0 Å². The molecule has 0 spiro atoms. The van der Waals surface area contributed by atoms with Gasteiger partial charge in [0, 0.05) is 18.8 Å². The summed E-state index contributed by atoms with van der Waals surface area (Å²) in [5.74, 6) is 0. The maximum Gasteiger partial charge on any atom is 0.0830 e. The van der Waals surface area contributed by atoms with Crippen molar-refractivity contribution in [3.63, 3.8) is 0 Å². The van der Waals surface area contributed by atoms with Gasteiger partial charge in [0.15, 0.2) is 0 Å². The van der Waals surface area contributed by atoms with Gasteiger partial charge in [-0.2, -0.15) is 0 Å². The Morgan fingerprint density at radius 3 is 2.05 bits per heavy atom. The zero-order valence-corrected chi connectivity index (χ0v) is 12.6. The van der Waals surface area contributed by atoms with Gasteiger partial charge in [0.05, 0.1) is 13.4 Å². The third kappa shape index (κ3) is 5.82. The Morgan fingerprint density at radius 2 is 1.58 bits per heavy atom. The quantitative estimate of drug-likeness (QED) is 0.597. The lowest BCUT2D eigenvalue weighted by atomic mass is 10.1. The van der Waals surface area contributed by atoms with E-state index in [4.69, 9.17) is 4.74 Å². The number of hydrogen-bond donors (Lipinski definition) is 0. The van der Waals surface area contributed by atoms with Crippen molar-refractivity contribution in [3.8, 4) is 0 Å². The third-order valence-electron chi connectivity index (χ3n) is 3.22. The molecule has 0 unspecified atom stereocenters. The van der Waals surface area contributed by atoms with Crippen LogP contribution in [0.3, 0.4) is 0 Å². The Hall–Kier alpha value is -1.44. The summed E-state index contributed by atoms with van der Waals surface area (Å²) < 4.78 is 4.94. The first-order chi connectivity index (χ1) is 9.31. The first-order valence-corrected chi connectivity index (χ1v) is 7.36. The second-order valence-electron chi connectivity index (χ2n) is 4.82. The lowest BCUT2D eigenvalue weighted by molar-refractivity contribution is 0.341. The number of rotatable bonds is 9. The van der Waals surface area contributed by atoms with Gasteiger partial charge in [-0.25, -0.2) is 0 Å². The molecule has 0 radical (unpaired) electrons. The van der Waals surface area contributed by atoms with Crippen molar-refractivity contribution < 1.29 is 4.74 Å². The molecule has 19 heavy (non-hydrogen) atoms. The largest absolute Gasteiger partial charge is 0.504 e. The van der Waals surface area contributed by atoms with Crippen LogP contribution in [0.1, 0.15) is 45.1 Å². The van der Waals surface area contributed by atoms with Crippen molar-refractivity contribution in [2.75, 3.05) is 25.1 Å². The molecule has 0 heterocycles. The topological polar surface area (TPSA) is 12.5 Å². The molecule has 0 saturated carbocycles. The average Bonchev–Trinajstić information content (AvgIpc) is 2.46. The van der Waals surface area contributed by atoms with E-state index in [2.05, 4.69) is 43.0 Å². The Balaban J connectivity index is 2.68. The van der Waals surface area contributed by atoms with Gasteiger partial charge in [-0.3, -0.25) is 0 Å². The lowest BCUT2D eigenvalue weighted by Crippen LogP contribution is -2.25. The van der Waals surface area contributed by atoms with Gasteiger partial charge in [0.2, 0.25) is 0 Å². The van der Waals surface area contributed by atoms with Crippen molar-refractivity contribution in [1.82, 2.24) is 0 Å². The summed E-state index contributed by atoms with van der Waals surface area (Å²) in [6.07, 6.45) is 8.70. The summed E-state index contributed by atoms with van der Waals surface area (Å²) in [5, 5.41) is 0. The molecule has 0 aromatic heterocycles. The van der Waals surface area contributed by atoms with E-state index >= 15 is 0 Å². The van der Waals surface area contributed by atoms with E-state index in [9.17, 15) is 0 Å². The summed E-state index contributed by atoms with van der Waals surface area (Å²) >= 11 is 0. The third-order valence-corrected chi connectivity index (χ3v) is 3.22. The molecular formula is C17H27NO. The number of ether oxygens (including phenoxy) is 1. The smallest absolute Gasteiger partial charge is 0.0830 e. The molecule has 0 aliphatic heterocycles. The molecule has 1 aromatic carbocycles. The van der Waals surface area contributed by atoms with E-state index in [-0.39, 0.29) is 0 Å². The Labute approximate surface area is 118 Å². The van der Waals surface area contributed by atoms with Crippen molar-refractivity contribution in [2.45, 2.75) is 39.5 Å². The minimum atomic E-state index is 1.16. The highest BCUT2D eigenvalue weighted by atomic mass is 16.5. The fourth-order valence-electron chi connectivity index (χ4n) is 2.01. The number of benzene rings is 1. The fraction of sp³-hybridized carbons (Fsp3) is 0.529. The summed E-state index contributed by atoms with van der Waals surface area (Å²) in [5.41, 5.74) is 2.51. The monoisotopic (exact) mass is 261 g/mol. The van der Waals surface area contributed by atoms with Crippen LogP contribution < -0.4 is 4.90 Å². The van der Waals surface area contributed by atoms with E-state index in [1.54, 1.807) is 13.4 Å². The van der Waals surface area contributed by atoms with Crippen LogP contribution in [0.15, 0.2) is 30.5 Å². The fourth-order valence-corrected chi connectivity index (χ4v) is 2.01. The van der Waals surface area contributed by atoms with Crippen molar-refractivity contribution in [1.29, 1.82) is 0 Å². The zero-order valence-electron chi connectivity index (χ0n) is 12.6. The summed E-state index contributed by atoms with van der Waals surface area (Å²) in [6, 6.07) is 8.72. The Morgan fingerprint density at radius 1 is 1.00 bits per heavy atom. The molecule has 0 fully saturated rings. The van der Waals surface area contributed by atoms with E-state index in [0.717, 1.165) is 13.1 Å². The van der Waals surface area contributed by atoms with E-state index in [1.807, 2.05) is 6.08 Å². The molecule has 0 atom stereocenters. The number of anilines is 1. The van der Waals surface area contributed by atoms with E-state index < -0.39 is 0 Å². The van der Waals surface area contributed by atoms with Gasteiger partial charge < -0.3 is 9.64 Å². The molecule has 0 amide bonds. The molecule has 0 aliphatic rings. The molecule has 2 heteroatoms. The molecule has 1 aromatic rings. The Bertz CT molecular complexity index is 348. The van der Waals surface area contributed by atoms with Crippen molar-refractivity contribution in [2.24, 2.45) is 0 Å². The predicted octanol–water partition coefficient (Wildman–Crippen LogP) is 4.71. The van der Waals surface area contributed by atoms with Gasteiger partial charge in [0.1, 0.15) is 0 Å². The summed E-state index contributed by atoms with van der Waals surface area (Å²) in [6.45, 7) is 6.81. The zero-order chi connectivity index (χ0) is 13.9. The van der Waals surface area contributed by atoms with Crippen molar-refractivity contribution in [3.05, 3.63) is 36.1 Å². The first kappa shape index (κ1) is 15.6. The molecule has 0 bridgehead atoms. The molecule has 0 saturated heterocycles. The number of hydrogen-bond acceptors (Lipinski definition) is 2. The van der Waals surface area contributed by atoms with Crippen LogP contribution >= 0.6 is 0 Å². The second kappa shape index (κ2) is 9.48. The van der Waals surface area contributed by atoms with Crippen LogP contribution in [0.4, 0.5) is 5.69 Å². The molecule has 106 valence electrons. The first-order valence-electron chi connectivity index (χ1n) is 7.36. The van der Waals surface area contributed by atoms with E-state index in [0.29, 0.717) is 0 Å². The van der Waals surface area contributed by atoms with Crippen LogP contribution in [0, 0.1) is 0 Å². The average molecular weight is 261 g/mol. The highest BCUT2D eigenvalue weighted by molar-refractivity contribution is 5.55. The number of methoxy groups -OCH3 is 1. The molecule has 1 rings (SSSR count). The maximum absolute atomic E-state index is 4.94. The highest BCUT2D eigenvalue weighted by Crippen LogP contribution is 2.17. The second-order valence-corrected chi connectivity index (χ2v) is 4.82. The Kier molecular flexibility index (Phi) is 7.80. The minimum absolute atomic E-state index is 1.16. The van der Waals surface area contributed by atoms with Gasteiger partial charge in [-0.05, 0) is 36.6 Å². The van der Waals surface area contributed by atoms with Gasteiger partial charge in [0.25, 0.3) is 0 Å². The highest BCUT2D eigenvalue weighted by Gasteiger charge is 2.04. The SMILES string of the molecule is CCCCN(CCCC)c1ccc(C=COC)cc1. The van der Waals surface area contributed by atoms with Gasteiger partial charge >= 0.3 is 0 Å². The number of nitrogens with zero attached hydrogens (tertiary/aromatic N) is 1. The van der Waals surface area contributed by atoms with Crippen LogP contribution in [0.25, 0.3) is 6.08 Å². The standard InChI is InChI=1S/C17H27NO/c1-4-6-13-18(14-7-5-2)17-10-8-16(9-11-17)12-15-19-3/h8-12,15H,4-7,13-14H2,1-3H3. The minimum Gasteiger partial charge on any atom is -0.504 e. The molecule has 0 aliphatic carbocycles.